The topological polar surface area (TPSA) is 80.3 Å². The summed E-state index contributed by atoms with van der Waals surface area (Å²) in [4.78, 5) is 25.3. The van der Waals surface area contributed by atoms with Gasteiger partial charge in [0.05, 0.1) is 12.2 Å². The van der Waals surface area contributed by atoms with E-state index in [4.69, 9.17) is 23.7 Å². The number of rotatable bonds is 14. The SMILES string of the molecule is CCCCC[C@H]1CC[C@H](C=CCOc2ccc(-c3ccc(C4O[C@@H](C(=O)OC(C)C)[C@H](C(=O)OC(C)C)O4)cc3)cc2)CC1. The van der Waals surface area contributed by atoms with Crippen molar-refractivity contribution in [2.75, 3.05) is 6.61 Å². The van der Waals surface area contributed by atoms with Crippen molar-refractivity contribution in [1.29, 1.82) is 0 Å². The summed E-state index contributed by atoms with van der Waals surface area (Å²) >= 11 is 0. The first-order valence-corrected chi connectivity index (χ1v) is 16.4. The monoisotopic (exact) mass is 606 g/mol. The fourth-order valence-corrected chi connectivity index (χ4v) is 5.88. The standard InChI is InChI=1S/C37H50O7/c1-6-7-8-10-27-12-14-28(15-13-27)11-9-24-40-32-22-20-30(21-23-32)29-16-18-31(19-17-29)37-43-33(35(38)41-25(2)3)34(44-37)36(39)42-26(4)5/h9,11,16-23,25-28,33-34,37H,6-8,10,12-15,24H2,1-5H3/t27-,28-,33-,34-/m1/s1. The molecule has 4 rings (SSSR count). The van der Waals surface area contributed by atoms with Crippen LogP contribution in [0.25, 0.3) is 11.1 Å². The van der Waals surface area contributed by atoms with Gasteiger partial charge in [0.1, 0.15) is 12.4 Å². The van der Waals surface area contributed by atoms with Crippen molar-refractivity contribution in [1.82, 2.24) is 0 Å². The van der Waals surface area contributed by atoms with Gasteiger partial charge >= 0.3 is 11.9 Å². The average molecular weight is 607 g/mol. The molecule has 0 amide bonds. The van der Waals surface area contributed by atoms with Crippen molar-refractivity contribution in [3.63, 3.8) is 0 Å². The van der Waals surface area contributed by atoms with Crippen LogP contribution < -0.4 is 4.74 Å². The minimum Gasteiger partial charge on any atom is -0.490 e. The summed E-state index contributed by atoms with van der Waals surface area (Å²) in [6.07, 6.45) is 11.3. The Hall–Kier alpha value is -3.16. The van der Waals surface area contributed by atoms with Gasteiger partial charge in [-0.25, -0.2) is 9.59 Å². The van der Waals surface area contributed by atoms with E-state index in [1.165, 1.54) is 51.4 Å². The number of benzene rings is 2. The Morgan fingerprint density at radius 1 is 0.795 bits per heavy atom. The molecule has 44 heavy (non-hydrogen) atoms. The Bertz CT molecular complexity index is 1160. The number of carbonyl (C=O) groups excluding carboxylic acids is 2. The Morgan fingerprint density at radius 2 is 1.34 bits per heavy atom. The van der Waals surface area contributed by atoms with Crippen LogP contribution in [0, 0.1) is 11.8 Å². The smallest absolute Gasteiger partial charge is 0.339 e. The van der Waals surface area contributed by atoms with Crippen LogP contribution in [0.3, 0.4) is 0 Å². The van der Waals surface area contributed by atoms with Gasteiger partial charge in [0, 0.05) is 5.56 Å². The highest BCUT2D eigenvalue weighted by atomic mass is 16.8. The molecule has 1 saturated carbocycles. The molecule has 0 N–H and O–H groups in total. The number of unbranched alkanes of at least 4 members (excludes halogenated alkanes) is 2. The minimum absolute atomic E-state index is 0.353. The van der Waals surface area contributed by atoms with Crippen molar-refractivity contribution >= 4 is 11.9 Å². The molecule has 2 aromatic rings. The molecule has 240 valence electrons. The lowest BCUT2D eigenvalue weighted by Crippen LogP contribution is -2.40. The zero-order chi connectivity index (χ0) is 31.5. The predicted molar refractivity (Wildman–Crippen MR) is 171 cm³/mol. The van der Waals surface area contributed by atoms with Gasteiger partial charge in [0.2, 0.25) is 0 Å². The molecule has 7 heteroatoms. The first-order chi connectivity index (χ1) is 21.2. The highest BCUT2D eigenvalue weighted by Crippen LogP contribution is 2.35. The summed E-state index contributed by atoms with van der Waals surface area (Å²) in [7, 11) is 0. The van der Waals surface area contributed by atoms with E-state index in [1.54, 1.807) is 27.7 Å². The molecule has 2 aliphatic rings. The van der Waals surface area contributed by atoms with Gasteiger partial charge < -0.3 is 23.7 Å². The van der Waals surface area contributed by atoms with Crippen LogP contribution in [0.4, 0.5) is 0 Å². The van der Waals surface area contributed by atoms with E-state index in [0.29, 0.717) is 18.1 Å². The second kappa shape index (κ2) is 16.8. The van der Waals surface area contributed by atoms with Crippen LogP contribution in [0.5, 0.6) is 5.75 Å². The summed E-state index contributed by atoms with van der Waals surface area (Å²) in [6, 6.07) is 15.7. The number of carbonyl (C=O) groups is 2. The van der Waals surface area contributed by atoms with Crippen LogP contribution in [0.15, 0.2) is 60.7 Å². The molecular formula is C37H50O7. The summed E-state index contributed by atoms with van der Waals surface area (Å²) in [5.74, 6) is 1.15. The second-order valence-electron chi connectivity index (χ2n) is 12.6. The zero-order valence-electron chi connectivity index (χ0n) is 27.0. The van der Waals surface area contributed by atoms with Crippen molar-refractivity contribution < 1.29 is 33.3 Å². The van der Waals surface area contributed by atoms with Crippen molar-refractivity contribution in [3.05, 3.63) is 66.2 Å². The number of esters is 2. The first-order valence-electron chi connectivity index (χ1n) is 16.4. The molecule has 0 spiro atoms. The molecule has 2 aromatic carbocycles. The van der Waals surface area contributed by atoms with E-state index >= 15 is 0 Å². The number of hydrogen-bond acceptors (Lipinski definition) is 7. The maximum atomic E-state index is 12.7. The van der Waals surface area contributed by atoms with Gasteiger partial charge in [-0.3, -0.25) is 0 Å². The summed E-state index contributed by atoms with van der Waals surface area (Å²) in [5, 5.41) is 0. The molecule has 0 unspecified atom stereocenters. The van der Waals surface area contributed by atoms with Gasteiger partial charge in [-0.2, -0.15) is 0 Å². The van der Waals surface area contributed by atoms with Crippen LogP contribution in [0.2, 0.25) is 0 Å². The number of ether oxygens (including phenoxy) is 5. The molecule has 1 aliphatic heterocycles. The van der Waals surface area contributed by atoms with E-state index < -0.39 is 30.4 Å². The number of hydrogen-bond donors (Lipinski definition) is 0. The number of allylic oxidation sites excluding steroid dienone is 1. The van der Waals surface area contributed by atoms with Crippen molar-refractivity contribution in [3.8, 4) is 16.9 Å². The van der Waals surface area contributed by atoms with Crippen LogP contribution in [0.1, 0.15) is 97.8 Å². The Labute approximate surface area is 263 Å². The lowest BCUT2D eigenvalue weighted by molar-refractivity contribution is -0.167. The molecule has 1 saturated heterocycles. The van der Waals surface area contributed by atoms with Gasteiger partial charge in [-0.1, -0.05) is 81.2 Å². The van der Waals surface area contributed by atoms with Crippen molar-refractivity contribution in [2.24, 2.45) is 11.8 Å². The Kier molecular flexibility index (Phi) is 12.9. The lowest BCUT2D eigenvalue weighted by Gasteiger charge is -2.26. The van der Waals surface area contributed by atoms with E-state index in [-0.39, 0.29) is 12.2 Å². The van der Waals surface area contributed by atoms with E-state index in [0.717, 1.165) is 22.8 Å². The van der Waals surface area contributed by atoms with Gasteiger partial charge in [0.15, 0.2) is 18.5 Å². The normalized spacial score (nSPS) is 22.5. The van der Waals surface area contributed by atoms with Gasteiger partial charge in [-0.05, 0) is 88.5 Å². The van der Waals surface area contributed by atoms with E-state index in [1.807, 2.05) is 48.5 Å². The summed E-state index contributed by atoms with van der Waals surface area (Å²) in [5.41, 5.74) is 2.74. The molecule has 0 bridgehead atoms. The van der Waals surface area contributed by atoms with Gasteiger partial charge in [0.25, 0.3) is 0 Å². The summed E-state index contributed by atoms with van der Waals surface area (Å²) in [6.45, 7) is 9.80. The quantitative estimate of drug-likeness (QED) is 0.121. The predicted octanol–water partition coefficient (Wildman–Crippen LogP) is 8.36. The minimum atomic E-state index is -1.20. The van der Waals surface area contributed by atoms with Crippen molar-refractivity contribution in [2.45, 2.75) is 117 Å². The van der Waals surface area contributed by atoms with Crippen LogP contribution in [-0.4, -0.2) is 43.0 Å². The lowest BCUT2D eigenvalue weighted by atomic mass is 9.79. The Balaban J connectivity index is 1.27. The third-order valence-corrected chi connectivity index (χ3v) is 8.22. The molecular weight excluding hydrogens is 556 g/mol. The van der Waals surface area contributed by atoms with Gasteiger partial charge in [-0.15, -0.1) is 0 Å². The third-order valence-electron chi connectivity index (χ3n) is 8.22. The highest BCUT2D eigenvalue weighted by molar-refractivity contribution is 5.86. The fourth-order valence-electron chi connectivity index (χ4n) is 5.88. The molecule has 1 heterocycles. The molecule has 0 radical (unpaired) electrons. The third kappa shape index (κ3) is 9.93. The van der Waals surface area contributed by atoms with Crippen LogP contribution >= 0.6 is 0 Å². The summed E-state index contributed by atoms with van der Waals surface area (Å²) < 4.78 is 28.3. The molecule has 0 aromatic heterocycles. The maximum Gasteiger partial charge on any atom is 0.339 e. The highest BCUT2D eigenvalue weighted by Gasteiger charge is 2.48. The molecule has 2 atom stereocenters. The van der Waals surface area contributed by atoms with E-state index in [9.17, 15) is 9.59 Å². The average Bonchev–Trinajstić information content (AvgIpc) is 3.46. The maximum absolute atomic E-state index is 12.7. The Morgan fingerprint density at radius 3 is 1.86 bits per heavy atom. The zero-order valence-corrected chi connectivity index (χ0v) is 27.0. The largest absolute Gasteiger partial charge is 0.490 e. The van der Waals surface area contributed by atoms with Crippen LogP contribution in [-0.2, 0) is 28.5 Å². The fraction of sp³-hybridized carbons (Fsp3) is 0.568. The molecule has 1 aliphatic carbocycles. The molecule has 7 nitrogen and oxygen atoms in total. The second-order valence-corrected chi connectivity index (χ2v) is 12.6. The molecule has 2 fully saturated rings. The first kappa shape index (κ1) is 33.7. The van der Waals surface area contributed by atoms with E-state index in [2.05, 4.69) is 19.1 Å².